The monoisotopic (exact) mass is 278 g/mol. The molecule has 20 heavy (non-hydrogen) atoms. The molecular weight excluding hydrogens is 256 g/mol. The molecule has 5 heteroatoms. The zero-order valence-corrected chi connectivity index (χ0v) is 11.8. The molecule has 0 aliphatic carbocycles. The lowest BCUT2D eigenvalue weighted by molar-refractivity contribution is 0.140. The molecule has 1 aromatic heterocycles. The molecule has 1 unspecified atom stereocenters. The number of rotatable bonds is 4. The topological polar surface area (TPSA) is 45.9 Å². The summed E-state index contributed by atoms with van der Waals surface area (Å²) in [6.07, 6.45) is 6.46. The van der Waals surface area contributed by atoms with Gasteiger partial charge in [-0.3, -0.25) is 4.90 Å². The van der Waals surface area contributed by atoms with Crippen molar-refractivity contribution in [3.8, 4) is 0 Å². The average Bonchev–Trinajstić information content (AvgIpc) is 3.05. The van der Waals surface area contributed by atoms with E-state index in [9.17, 15) is 4.79 Å². The molecule has 3 rings (SSSR count). The molecule has 1 aromatic rings. The van der Waals surface area contributed by atoms with Crippen molar-refractivity contribution in [2.45, 2.75) is 31.7 Å². The number of ether oxygens (including phenoxy) is 1. The Bertz CT molecular complexity index is 432. The number of likely N-dealkylation sites (tertiary alicyclic amines) is 1. The van der Waals surface area contributed by atoms with Crippen LogP contribution in [0.4, 0.5) is 4.79 Å². The molecular formula is C15H22N2O3. The van der Waals surface area contributed by atoms with Crippen molar-refractivity contribution in [2.75, 3.05) is 32.8 Å². The SMILES string of the molecule is O=C1OCCN1CCN1CCCCCC1c1ccco1. The van der Waals surface area contributed by atoms with E-state index >= 15 is 0 Å². The molecule has 0 saturated carbocycles. The third kappa shape index (κ3) is 2.98. The Labute approximate surface area is 119 Å². The quantitative estimate of drug-likeness (QED) is 0.849. The summed E-state index contributed by atoms with van der Waals surface area (Å²) in [5, 5.41) is 0. The number of carbonyl (C=O) groups is 1. The van der Waals surface area contributed by atoms with E-state index in [1.807, 2.05) is 6.07 Å². The van der Waals surface area contributed by atoms with E-state index in [4.69, 9.17) is 9.15 Å². The molecule has 2 fully saturated rings. The molecule has 110 valence electrons. The summed E-state index contributed by atoms with van der Waals surface area (Å²) in [5.41, 5.74) is 0. The third-order valence-corrected chi connectivity index (χ3v) is 4.24. The van der Waals surface area contributed by atoms with Crippen LogP contribution in [0.3, 0.4) is 0 Å². The summed E-state index contributed by atoms with van der Waals surface area (Å²) < 4.78 is 10.6. The van der Waals surface area contributed by atoms with E-state index in [0.29, 0.717) is 12.6 Å². The van der Waals surface area contributed by atoms with Crippen LogP contribution in [0.25, 0.3) is 0 Å². The van der Waals surface area contributed by atoms with Crippen LogP contribution < -0.4 is 0 Å². The molecule has 0 aromatic carbocycles. The second-order valence-electron chi connectivity index (χ2n) is 5.52. The van der Waals surface area contributed by atoms with Crippen LogP contribution in [0.1, 0.15) is 37.5 Å². The highest BCUT2D eigenvalue weighted by molar-refractivity contribution is 5.69. The minimum absolute atomic E-state index is 0.172. The molecule has 2 aliphatic heterocycles. The first-order chi connectivity index (χ1) is 9.84. The van der Waals surface area contributed by atoms with E-state index in [2.05, 4.69) is 11.0 Å². The van der Waals surface area contributed by atoms with Gasteiger partial charge in [0, 0.05) is 13.1 Å². The van der Waals surface area contributed by atoms with Crippen molar-refractivity contribution in [3.05, 3.63) is 24.2 Å². The Kier molecular flexibility index (Phi) is 4.25. The standard InChI is InChI=1S/C15H22N2O3/c18-15-17(10-12-20-15)9-8-16-7-3-1-2-5-13(16)14-6-4-11-19-14/h4,6,11,13H,1-3,5,7-10,12H2. The lowest BCUT2D eigenvalue weighted by atomic mass is 10.1. The van der Waals surface area contributed by atoms with E-state index in [1.54, 1.807) is 11.2 Å². The number of nitrogens with zero attached hydrogens (tertiary/aromatic N) is 2. The van der Waals surface area contributed by atoms with E-state index in [-0.39, 0.29) is 6.09 Å². The Hall–Kier alpha value is -1.49. The summed E-state index contributed by atoms with van der Waals surface area (Å²) in [6, 6.07) is 4.37. The number of carbonyl (C=O) groups excluding carboxylic acids is 1. The molecule has 2 saturated heterocycles. The van der Waals surface area contributed by atoms with Crippen LogP contribution >= 0.6 is 0 Å². The smallest absolute Gasteiger partial charge is 0.409 e. The Balaban J connectivity index is 1.63. The van der Waals surface area contributed by atoms with Gasteiger partial charge < -0.3 is 14.1 Å². The Morgan fingerprint density at radius 2 is 2.15 bits per heavy atom. The summed E-state index contributed by atoms with van der Waals surface area (Å²) in [4.78, 5) is 15.7. The molecule has 3 heterocycles. The average molecular weight is 278 g/mol. The highest BCUT2D eigenvalue weighted by Gasteiger charge is 2.27. The Morgan fingerprint density at radius 1 is 1.20 bits per heavy atom. The van der Waals surface area contributed by atoms with Gasteiger partial charge in [0.25, 0.3) is 0 Å². The Morgan fingerprint density at radius 3 is 2.90 bits per heavy atom. The van der Waals surface area contributed by atoms with Crippen LogP contribution in [0, 0.1) is 0 Å². The maximum Gasteiger partial charge on any atom is 0.409 e. The summed E-state index contributed by atoms with van der Waals surface area (Å²) in [5.74, 6) is 1.05. The number of furan rings is 1. The summed E-state index contributed by atoms with van der Waals surface area (Å²) in [7, 11) is 0. The highest BCUT2D eigenvalue weighted by atomic mass is 16.6. The fourth-order valence-corrected chi connectivity index (χ4v) is 3.12. The lowest BCUT2D eigenvalue weighted by Gasteiger charge is -2.29. The van der Waals surface area contributed by atoms with E-state index in [0.717, 1.165) is 38.4 Å². The van der Waals surface area contributed by atoms with Gasteiger partial charge in [-0.1, -0.05) is 12.8 Å². The molecule has 5 nitrogen and oxygen atoms in total. The number of cyclic esters (lactones) is 1. The molecule has 1 amide bonds. The first kappa shape index (κ1) is 13.5. The van der Waals surface area contributed by atoms with Crippen molar-refractivity contribution in [2.24, 2.45) is 0 Å². The maximum absolute atomic E-state index is 11.5. The second-order valence-corrected chi connectivity index (χ2v) is 5.52. The van der Waals surface area contributed by atoms with Gasteiger partial charge >= 0.3 is 6.09 Å². The first-order valence-corrected chi connectivity index (χ1v) is 7.54. The normalized spacial score (nSPS) is 24.7. The molecule has 0 spiro atoms. The van der Waals surface area contributed by atoms with Crippen molar-refractivity contribution in [1.82, 2.24) is 9.80 Å². The van der Waals surface area contributed by atoms with Crippen molar-refractivity contribution in [1.29, 1.82) is 0 Å². The van der Waals surface area contributed by atoms with E-state index < -0.39 is 0 Å². The van der Waals surface area contributed by atoms with Gasteiger partial charge in [0.2, 0.25) is 0 Å². The zero-order chi connectivity index (χ0) is 13.8. The van der Waals surface area contributed by atoms with Gasteiger partial charge in [-0.2, -0.15) is 0 Å². The summed E-state index contributed by atoms with van der Waals surface area (Å²) >= 11 is 0. The van der Waals surface area contributed by atoms with Crippen LogP contribution in [0.15, 0.2) is 22.8 Å². The fraction of sp³-hybridized carbons (Fsp3) is 0.667. The lowest BCUT2D eigenvalue weighted by Crippen LogP contribution is -2.37. The molecule has 0 bridgehead atoms. The van der Waals surface area contributed by atoms with Crippen molar-refractivity contribution < 1.29 is 13.9 Å². The number of hydrogen-bond donors (Lipinski definition) is 0. The van der Waals surface area contributed by atoms with E-state index in [1.165, 1.54) is 19.3 Å². The van der Waals surface area contributed by atoms with Gasteiger partial charge in [0.15, 0.2) is 0 Å². The van der Waals surface area contributed by atoms with Crippen LogP contribution in [0.5, 0.6) is 0 Å². The van der Waals surface area contributed by atoms with Crippen LogP contribution in [-0.2, 0) is 4.74 Å². The molecule has 1 atom stereocenters. The van der Waals surface area contributed by atoms with Gasteiger partial charge in [-0.05, 0) is 31.5 Å². The second kappa shape index (κ2) is 6.31. The van der Waals surface area contributed by atoms with Gasteiger partial charge in [-0.15, -0.1) is 0 Å². The highest BCUT2D eigenvalue weighted by Crippen LogP contribution is 2.30. The zero-order valence-electron chi connectivity index (χ0n) is 11.8. The van der Waals surface area contributed by atoms with Gasteiger partial charge in [-0.25, -0.2) is 4.79 Å². The molecule has 2 aliphatic rings. The summed E-state index contributed by atoms with van der Waals surface area (Å²) in [6.45, 7) is 3.96. The first-order valence-electron chi connectivity index (χ1n) is 7.54. The van der Waals surface area contributed by atoms with Crippen LogP contribution in [-0.4, -0.2) is 48.7 Å². The van der Waals surface area contributed by atoms with Crippen molar-refractivity contribution >= 4 is 6.09 Å². The minimum atomic E-state index is -0.172. The van der Waals surface area contributed by atoms with Crippen molar-refractivity contribution in [3.63, 3.8) is 0 Å². The fourth-order valence-electron chi connectivity index (χ4n) is 3.12. The maximum atomic E-state index is 11.5. The predicted octanol–water partition coefficient (Wildman–Crippen LogP) is 2.65. The van der Waals surface area contributed by atoms with Gasteiger partial charge in [0.1, 0.15) is 12.4 Å². The third-order valence-electron chi connectivity index (χ3n) is 4.24. The number of amides is 1. The molecule has 0 N–H and O–H groups in total. The van der Waals surface area contributed by atoms with Gasteiger partial charge in [0.05, 0.1) is 18.8 Å². The largest absolute Gasteiger partial charge is 0.468 e. The van der Waals surface area contributed by atoms with Crippen LogP contribution in [0.2, 0.25) is 0 Å². The molecule has 0 radical (unpaired) electrons. The number of hydrogen-bond acceptors (Lipinski definition) is 4. The predicted molar refractivity (Wildman–Crippen MR) is 74.4 cm³/mol. The minimum Gasteiger partial charge on any atom is -0.468 e.